The van der Waals surface area contributed by atoms with Crippen molar-refractivity contribution in [3.8, 4) is 0 Å². The second-order valence-corrected chi connectivity index (χ2v) is 8.34. The average molecular weight is 393 g/mol. The van der Waals surface area contributed by atoms with E-state index in [-0.39, 0.29) is 0 Å². The van der Waals surface area contributed by atoms with Crippen LogP contribution < -0.4 is 4.48 Å². The van der Waals surface area contributed by atoms with Gasteiger partial charge in [0, 0.05) is 18.8 Å². The molecule has 1 atom stereocenters. The highest BCUT2D eigenvalue weighted by atomic mass is 79.9. The van der Waals surface area contributed by atoms with Gasteiger partial charge in [-0.1, -0.05) is 13.0 Å². The molecule has 0 spiro atoms. The van der Waals surface area contributed by atoms with E-state index < -0.39 is 0 Å². The van der Waals surface area contributed by atoms with Gasteiger partial charge in [-0.25, -0.2) is 4.52 Å². The number of ether oxygens (including phenoxy) is 1. The van der Waals surface area contributed by atoms with E-state index >= 15 is 0 Å². The third kappa shape index (κ3) is 2.80. The first-order valence-corrected chi connectivity index (χ1v) is 10.0. The Hall–Kier alpha value is -0.910. The van der Waals surface area contributed by atoms with Crippen LogP contribution in [0, 0.1) is 5.92 Å². The van der Waals surface area contributed by atoms with Gasteiger partial charge in [0.2, 0.25) is 0 Å². The predicted molar refractivity (Wildman–Crippen MR) is 101 cm³/mol. The van der Waals surface area contributed by atoms with Gasteiger partial charge < -0.3 is 4.74 Å². The Labute approximate surface area is 152 Å². The molecule has 0 bridgehead atoms. The van der Waals surface area contributed by atoms with Crippen molar-refractivity contribution < 1.29 is 4.74 Å². The first-order valence-electron chi connectivity index (χ1n) is 9.23. The molecule has 1 aliphatic heterocycles. The smallest absolute Gasteiger partial charge is 0.182 e. The Balaban J connectivity index is 1.87. The average Bonchev–Trinajstić information content (AvgIpc) is 3.32. The van der Waals surface area contributed by atoms with Crippen LogP contribution in [0.25, 0.3) is 5.52 Å². The number of halogens is 1. The number of hydrogen-bond donors (Lipinski definition) is 0. The minimum Gasteiger partial charge on any atom is -0.381 e. The fourth-order valence-corrected chi connectivity index (χ4v) is 4.80. The van der Waals surface area contributed by atoms with Crippen molar-refractivity contribution in [1.29, 1.82) is 0 Å². The molecule has 0 radical (unpaired) electrons. The first kappa shape index (κ1) is 16.6. The Morgan fingerprint density at radius 1 is 1.25 bits per heavy atom. The van der Waals surface area contributed by atoms with Crippen LogP contribution in [0.15, 0.2) is 22.8 Å². The lowest BCUT2D eigenvalue weighted by Gasteiger charge is -2.43. The molecule has 1 unspecified atom stereocenters. The topological polar surface area (TPSA) is 26.5 Å². The molecule has 0 amide bonds. The van der Waals surface area contributed by atoms with Gasteiger partial charge in [-0.2, -0.15) is 5.10 Å². The Morgan fingerprint density at radius 3 is 2.67 bits per heavy atom. The number of aromatic nitrogens is 2. The summed E-state index contributed by atoms with van der Waals surface area (Å²) in [4.78, 5) is 0. The molecule has 0 aromatic carbocycles. The maximum atomic E-state index is 5.66. The SMILES string of the molecule is CCc1nn2c(Br)cccc2c1[N+](C)(CC1CC1)C1CCOCC1. The molecule has 1 saturated carbocycles. The number of pyridine rings is 1. The van der Waals surface area contributed by atoms with E-state index in [0.29, 0.717) is 6.04 Å². The highest BCUT2D eigenvalue weighted by molar-refractivity contribution is 9.10. The van der Waals surface area contributed by atoms with Crippen molar-refractivity contribution >= 4 is 27.1 Å². The summed E-state index contributed by atoms with van der Waals surface area (Å²) >= 11 is 3.67. The molecule has 1 aliphatic carbocycles. The number of quaternary nitrogens is 1. The lowest BCUT2D eigenvalue weighted by atomic mass is 10.0. The van der Waals surface area contributed by atoms with Crippen molar-refractivity contribution in [3.05, 3.63) is 28.5 Å². The zero-order valence-corrected chi connectivity index (χ0v) is 16.3. The minimum atomic E-state index is 0.636. The quantitative estimate of drug-likeness (QED) is 0.563. The minimum absolute atomic E-state index is 0.636. The molecule has 1 saturated heterocycles. The zero-order valence-electron chi connectivity index (χ0n) is 14.7. The lowest BCUT2D eigenvalue weighted by Crippen LogP contribution is -2.57. The van der Waals surface area contributed by atoms with E-state index in [4.69, 9.17) is 9.84 Å². The van der Waals surface area contributed by atoms with Gasteiger partial charge in [0.1, 0.15) is 15.8 Å². The van der Waals surface area contributed by atoms with Crippen LogP contribution in [0.3, 0.4) is 0 Å². The van der Waals surface area contributed by atoms with E-state index in [9.17, 15) is 0 Å². The highest BCUT2D eigenvalue weighted by Gasteiger charge is 2.44. The van der Waals surface area contributed by atoms with Crippen molar-refractivity contribution in [1.82, 2.24) is 14.1 Å². The summed E-state index contributed by atoms with van der Waals surface area (Å²) in [6.07, 6.45) is 6.06. The van der Waals surface area contributed by atoms with E-state index in [1.165, 1.54) is 36.3 Å². The largest absolute Gasteiger partial charge is 0.381 e. The summed E-state index contributed by atoms with van der Waals surface area (Å²) in [5, 5.41) is 4.94. The maximum absolute atomic E-state index is 5.66. The molecule has 2 fully saturated rings. The van der Waals surface area contributed by atoms with Crippen LogP contribution in [0.1, 0.15) is 38.3 Å². The van der Waals surface area contributed by atoms with E-state index in [1.54, 1.807) is 0 Å². The number of hydrogen-bond acceptors (Lipinski definition) is 2. The molecule has 2 aromatic rings. The van der Waals surface area contributed by atoms with Crippen molar-refractivity contribution in [2.75, 3.05) is 26.8 Å². The van der Waals surface area contributed by atoms with Crippen LogP contribution in [0.4, 0.5) is 5.69 Å². The Morgan fingerprint density at radius 2 is 2.00 bits per heavy atom. The summed E-state index contributed by atoms with van der Waals surface area (Å²) < 4.78 is 9.80. The van der Waals surface area contributed by atoms with Crippen LogP contribution in [-0.4, -0.2) is 42.5 Å². The highest BCUT2D eigenvalue weighted by Crippen LogP contribution is 2.42. The molecule has 24 heavy (non-hydrogen) atoms. The number of aryl methyl sites for hydroxylation is 1. The molecule has 2 aliphatic rings. The standard InChI is InChI=1S/C19H27BrN3O/c1-3-16-19(17-5-4-6-18(20)22(17)21-16)23(2,13-14-7-8-14)15-9-11-24-12-10-15/h4-6,14-15H,3,7-13H2,1-2H3/q+1. The number of fused-ring (bicyclic) bond motifs is 1. The lowest BCUT2D eigenvalue weighted by molar-refractivity contribution is 0.0436. The van der Waals surface area contributed by atoms with Crippen LogP contribution in [0.2, 0.25) is 0 Å². The van der Waals surface area contributed by atoms with Gasteiger partial charge in [0.05, 0.1) is 32.8 Å². The molecular weight excluding hydrogens is 366 g/mol. The molecular formula is C19H27BrN3O+. The monoisotopic (exact) mass is 392 g/mol. The predicted octanol–water partition coefficient (Wildman–Crippen LogP) is 4.19. The van der Waals surface area contributed by atoms with E-state index in [0.717, 1.165) is 47.5 Å². The van der Waals surface area contributed by atoms with Crippen molar-refractivity contribution in [3.63, 3.8) is 0 Å². The summed E-state index contributed by atoms with van der Waals surface area (Å²) in [5.41, 5.74) is 3.95. The van der Waals surface area contributed by atoms with Crippen molar-refractivity contribution in [2.24, 2.45) is 5.92 Å². The Bertz CT molecular complexity index is 734. The molecule has 4 nitrogen and oxygen atoms in total. The number of rotatable bonds is 5. The summed E-state index contributed by atoms with van der Waals surface area (Å²) in [7, 11) is 2.45. The van der Waals surface area contributed by atoms with Gasteiger partial charge in [-0.3, -0.25) is 4.48 Å². The van der Waals surface area contributed by atoms with Crippen LogP contribution in [-0.2, 0) is 11.2 Å². The number of nitrogens with zero attached hydrogens (tertiary/aromatic N) is 3. The summed E-state index contributed by atoms with van der Waals surface area (Å²) in [5.74, 6) is 0.879. The molecule has 0 N–H and O–H groups in total. The first-order chi connectivity index (χ1) is 11.6. The zero-order chi connectivity index (χ0) is 16.7. The third-order valence-corrected chi connectivity index (χ3v) is 6.43. The Kier molecular flexibility index (Phi) is 4.43. The van der Waals surface area contributed by atoms with E-state index in [1.807, 2.05) is 0 Å². The second kappa shape index (κ2) is 6.43. The molecule has 2 aromatic heterocycles. The van der Waals surface area contributed by atoms with Crippen LogP contribution >= 0.6 is 15.9 Å². The normalized spacial score (nSPS) is 22.0. The van der Waals surface area contributed by atoms with Gasteiger partial charge in [-0.05, 0) is 47.3 Å². The molecule has 130 valence electrons. The molecule has 3 heterocycles. The molecule has 4 rings (SSSR count). The van der Waals surface area contributed by atoms with Gasteiger partial charge >= 0.3 is 0 Å². The van der Waals surface area contributed by atoms with E-state index in [2.05, 4.69) is 52.6 Å². The fourth-order valence-electron chi connectivity index (χ4n) is 4.38. The van der Waals surface area contributed by atoms with Gasteiger partial charge in [0.15, 0.2) is 5.69 Å². The van der Waals surface area contributed by atoms with Gasteiger partial charge in [-0.15, -0.1) is 0 Å². The second-order valence-electron chi connectivity index (χ2n) is 7.53. The maximum Gasteiger partial charge on any atom is 0.182 e. The molecule has 5 heteroatoms. The third-order valence-electron chi connectivity index (χ3n) is 5.83. The van der Waals surface area contributed by atoms with Crippen molar-refractivity contribution in [2.45, 2.75) is 45.1 Å². The summed E-state index contributed by atoms with van der Waals surface area (Å²) in [6, 6.07) is 7.07. The fraction of sp³-hybridized carbons (Fsp3) is 0.632. The van der Waals surface area contributed by atoms with Gasteiger partial charge in [0.25, 0.3) is 0 Å². The summed E-state index contributed by atoms with van der Waals surface area (Å²) in [6.45, 7) is 5.26. The van der Waals surface area contributed by atoms with Crippen LogP contribution in [0.5, 0.6) is 0 Å².